The van der Waals surface area contributed by atoms with E-state index in [1.54, 1.807) is 0 Å². The molecule has 1 heterocycles. The number of hydrogen-bond donors (Lipinski definition) is 1. The van der Waals surface area contributed by atoms with E-state index in [4.69, 9.17) is 0 Å². The van der Waals surface area contributed by atoms with Crippen LogP contribution >= 0.6 is 0 Å². The summed E-state index contributed by atoms with van der Waals surface area (Å²) in [6.45, 7) is 3.52. The zero-order valence-corrected chi connectivity index (χ0v) is 10.3. The first-order chi connectivity index (χ1) is 8.36. The lowest BCUT2D eigenvalue weighted by Gasteiger charge is -1.98. The number of nitrogens with zero attached hydrogens (tertiary/aromatic N) is 2. The SMILES string of the molecule is CC#CCCn1nc(CNC)c2ccccc21. The first-order valence-corrected chi connectivity index (χ1v) is 5.85. The number of fused-ring (bicyclic) bond motifs is 1. The summed E-state index contributed by atoms with van der Waals surface area (Å²) in [5, 5.41) is 9.02. The quantitative estimate of drug-likeness (QED) is 0.811. The fourth-order valence-electron chi connectivity index (χ4n) is 1.95. The molecule has 0 atom stereocenters. The Morgan fingerprint density at radius 2 is 2.18 bits per heavy atom. The van der Waals surface area contributed by atoms with E-state index in [2.05, 4.69) is 46.5 Å². The van der Waals surface area contributed by atoms with Crippen molar-refractivity contribution in [2.45, 2.75) is 26.4 Å². The van der Waals surface area contributed by atoms with Crippen LogP contribution in [0.15, 0.2) is 24.3 Å². The van der Waals surface area contributed by atoms with E-state index in [0.29, 0.717) is 0 Å². The summed E-state index contributed by atoms with van der Waals surface area (Å²) in [4.78, 5) is 0. The summed E-state index contributed by atoms with van der Waals surface area (Å²) in [6.07, 6.45) is 0.848. The van der Waals surface area contributed by atoms with Crippen LogP contribution < -0.4 is 5.32 Å². The maximum atomic E-state index is 4.64. The van der Waals surface area contributed by atoms with Crippen LogP contribution in [0.1, 0.15) is 19.0 Å². The Morgan fingerprint density at radius 3 is 2.94 bits per heavy atom. The van der Waals surface area contributed by atoms with E-state index in [0.717, 1.165) is 25.2 Å². The highest BCUT2D eigenvalue weighted by Crippen LogP contribution is 2.18. The van der Waals surface area contributed by atoms with Gasteiger partial charge in [0.15, 0.2) is 0 Å². The van der Waals surface area contributed by atoms with Crippen molar-refractivity contribution in [3.63, 3.8) is 0 Å². The molecule has 0 fully saturated rings. The van der Waals surface area contributed by atoms with Gasteiger partial charge < -0.3 is 5.32 Å². The second kappa shape index (κ2) is 5.51. The summed E-state index contributed by atoms with van der Waals surface area (Å²) in [5.41, 5.74) is 2.29. The number of para-hydroxylation sites is 1. The topological polar surface area (TPSA) is 29.9 Å². The van der Waals surface area contributed by atoms with Gasteiger partial charge >= 0.3 is 0 Å². The second-order valence-corrected chi connectivity index (χ2v) is 3.89. The Labute approximate surface area is 102 Å². The van der Waals surface area contributed by atoms with E-state index < -0.39 is 0 Å². The van der Waals surface area contributed by atoms with Crippen molar-refractivity contribution < 1.29 is 0 Å². The van der Waals surface area contributed by atoms with Gasteiger partial charge in [0.1, 0.15) is 0 Å². The zero-order valence-electron chi connectivity index (χ0n) is 10.3. The third-order valence-corrected chi connectivity index (χ3v) is 2.70. The lowest BCUT2D eigenvalue weighted by Crippen LogP contribution is -2.07. The molecule has 1 aromatic heterocycles. The molecule has 3 heteroatoms. The molecule has 1 aromatic carbocycles. The van der Waals surface area contributed by atoms with Gasteiger partial charge in [0, 0.05) is 18.4 Å². The van der Waals surface area contributed by atoms with Crippen molar-refractivity contribution in [2.24, 2.45) is 0 Å². The van der Waals surface area contributed by atoms with E-state index in [9.17, 15) is 0 Å². The van der Waals surface area contributed by atoms with Crippen LogP contribution in [0.4, 0.5) is 0 Å². The van der Waals surface area contributed by atoms with Gasteiger partial charge in [0.2, 0.25) is 0 Å². The minimum absolute atomic E-state index is 0.799. The number of benzene rings is 1. The normalized spacial score (nSPS) is 10.2. The number of aryl methyl sites for hydroxylation is 1. The maximum absolute atomic E-state index is 4.64. The minimum atomic E-state index is 0.799. The molecular formula is C14H17N3. The monoisotopic (exact) mass is 227 g/mol. The number of hydrogen-bond acceptors (Lipinski definition) is 2. The molecule has 3 nitrogen and oxygen atoms in total. The average molecular weight is 227 g/mol. The number of rotatable bonds is 4. The summed E-state index contributed by atoms with van der Waals surface area (Å²) < 4.78 is 2.05. The molecule has 0 saturated carbocycles. The molecule has 0 bridgehead atoms. The molecule has 2 rings (SSSR count). The van der Waals surface area contributed by atoms with Gasteiger partial charge in [-0.25, -0.2) is 0 Å². The first kappa shape index (κ1) is 11.7. The van der Waals surface area contributed by atoms with Crippen LogP contribution in [-0.4, -0.2) is 16.8 Å². The van der Waals surface area contributed by atoms with Gasteiger partial charge in [-0.05, 0) is 20.0 Å². The predicted molar refractivity (Wildman–Crippen MR) is 70.6 cm³/mol. The number of aromatic nitrogens is 2. The van der Waals surface area contributed by atoms with E-state index in [1.165, 1.54) is 10.9 Å². The molecule has 0 saturated heterocycles. The molecule has 1 N–H and O–H groups in total. The highest BCUT2D eigenvalue weighted by molar-refractivity contribution is 5.81. The summed E-state index contributed by atoms with van der Waals surface area (Å²) in [6, 6.07) is 8.34. The van der Waals surface area contributed by atoms with Crippen LogP contribution in [-0.2, 0) is 13.1 Å². The molecule has 17 heavy (non-hydrogen) atoms. The van der Waals surface area contributed by atoms with E-state index in [-0.39, 0.29) is 0 Å². The van der Waals surface area contributed by atoms with Gasteiger partial charge in [-0.2, -0.15) is 5.10 Å². The molecular weight excluding hydrogens is 210 g/mol. The van der Waals surface area contributed by atoms with Crippen molar-refractivity contribution in [3.8, 4) is 11.8 Å². The molecule has 0 aliphatic heterocycles. The fraction of sp³-hybridized carbons (Fsp3) is 0.357. The fourth-order valence-corrected chi connectivity index (χ4v) is 1.95. The largest absolute Gasteiger partial charge is 0.314 e. The summed E-state index contributed by atoms with van der Waals surface area (Å²) in [7, 11) is 1.94. The predicted octanol–water partition coefficient (Wildman–Crippen LogP) is 2.17. The lowest BCUT2D eigenvalue weighted by molar-refractivity contribution is 0.631. The van der Waals surface area contributed by atoms with Crippen molar-refractivity contribution >= 4 is 10.9 Å². The molecule has 0 spiro atoms. The highest BCUT2D eigenvalue weighted by atomic mass is 15.3. The third kappa shape index (κ3) is 2.48. The minimum Gasteiger partial charge on any atom is -0.314 e. The second-order valence-electron chi connectivity index (χ2n) is 3.89. The molecule has 0 amide bonds. The molecule has 2 aromatic rings. The van der Waals surface area contributed by atoms with Gasteiger partial charge in [-0.15, -0.1) is 11.8 Å². The Bertz CT molecular complexity index is 558. The standard InChI is InChI=1S/C14H17N3/c1-3-4-7-10-17-14-9-6-5-8-12(14)13(16-17)11-15-2/h5-6,8-9,15H,7,10-11H2,1-2H3. The van der Waals surface area contributed by atoms with Crippen molar-refractivity contribution in [2.75, 3.05) is 7.05 Å². The highest BCUT2D eigenvalue weighted by Gasteiger charge is 2.08. The van der Waals surface area contributed by atoms with Gasteiger partial charge in [0.25, 0.3) is 0 Å². The van der Waals surface area contributed by atoms with E-state index >= 15 is 0 Å². The van der Waals surface area contributed by atoms with Crippen molar-refractivity contribution in [1.29, 1.82) is 0 Å². The van der Waals surface area contributed by atoms with Gasteiger partial charge in [-0.3, -0.25) is 4.68 Å². The summed E-state index contributed by atoms with van der Waals surface area (Å²) in [5.74, 6) is 5.99. The molecule has 0 unspecified atom stereocenters. The summed E-state index contributed by atoms with van der Waals surface area (Å²) >= 11 is 0. The lowest BCUT2D eigenvalue weighted by atomic mass is 10.2. The Morgan fingerprint density at radius 1 is 1.35 bits per heavy atom. The maximum Gasteiger partial charge on any atom is 0.0841 e. The number of nitrogens with one attached hydrogen (secondary N) is 1. The Balaban J connectivity index is 2.36. The molecule has 88 valence electrons. The van der Waals surface area contributed by atoms with Crippen LogP contribution in [0.25, 0.3) is 10.9 Å². The van der Waals surface area contributed by atoms with E-state index in [1.807, 2.05) is 18.7 Å². The first-order valence-electron chi connectivity index (χ1n) is 5.85. The third-order valence-electron chi connectivity index (χ3n) is 2.70. The van der Waals surface area contributed by atoms with Crippen LogP contribution in [0, 0.1) is 11.8 Å². The van der Waals surface area contributed by atoms with Crippen molar-refractivity contribution in [3.05, 3.63) is 30.0 Å². The van der Waals surface area contributed by atoms with Crippen LogP contribution in [0.3, 0.4) is 0 Å². The smallest absolute Gasteiger partial charge is 0.0841 e. The molecule has 0 aliphatic carbocycles. The molecule has 0 radical (unpaired) electrons. The molecule has 0 aliphatic rings. The van der Waals surface area contributed by atoms with Crippen LogP contribution in [0.2, 0.25) is 0 Å². The van der Waals surface area contributed by atoms with Gasteiger partial charge in [0.05, 0.1) is 17.8 Å². The Hall–Kier alpha value is -1.79. The van der Waals surface area contributed by atoms with Crippen LogP contribution in [0.5, 0.6) is 0 Å². The van der Waals surface area contributed by atoms with Crippen molar-refractivity contribution in [1.82, 2.24) is 15.1 Å². The Kier molecular flexibility index (Phi) is 3.79. The average Bonchev–Trinajstić information content (AvgIpc) is 2.70. The zero-order chi connectivity index (χ0) is 12.1. The van der Waals surface area contributed by atoms with Gasteiger partial charge in [-0.1, -0.05) is 18.2 Å².